The first-order valence-electron chi connectivity index (χ1n) is 9.43. The molecule has 2 rings (SSSR count). The fourth-order valence-electron chi connectivity index (χ4n) is 3.70. The quantitative estimate of drug-likeness (QED) is 0.386. The second-order valence-corrected chi connectivity index (χ2v) is 7.25. The number of rotatable bonds is 8. The van der Waals surface area contributed by atoms with Gasteiger partial charge in [0.1, 0.15) is 0 Å². The first-order valence-corrected chi connectivity index (χ1v) is 9.43. The van der Waals surface area contributed by atoms with Crippen molar-refractivity contribution in [1.82, 2.24) is 15.5 Å². The van der Waals surface area contributed by atoms with Crippen molar-refractivity contribution in [1.29, 1.82) is 0 Å². The van der Waals surface area contributed by atoms with Crippen LogP contribution in [-0.4, -0.2) is 76.9 Å². The molecule has 0 aromatic carbocycles. The van der Waals surface area contributed by atoms with Gasteiger partial charge in [-0.2, -0.15) is 0 Å². The summed E-state index contributed by atoms with van der Waals surface area (Å²) >= 11 is 0. The van der Waals surface area contributed by atoms with Crippen molar-refractivity contribution in [3.63, 3.8) is 0 Å². The van der Waals surface area contributed by atoms with E-state index in [4.69, 9.17) is 9.47 Å². The molecule has 2 N–H and O–H groups in total. The number of nitrogens with zero attached hydrogens (tertiary/aromatic N) is 2. The van der Waals surface area contributed by atoms with Crippen LogP contribution in [0.4, 0.5) is 0 Å². The zero-order valence-corrected chi connectivity index (χ0v) is 16.0. The van der Waals surface area contributed by atoms with Gasteiger partial charge in [-0.15, -0.1) is 0 Å². The number of carbonyl (C=O) groups is 1. The van der Waals surface area contributed by atoms with Crippen LogP contribution < -0.4 is 10.6 Å². The minimum Gasteiger partial charge on any atom is -0.377 e. The molecule has 7 nitrogen and oxygen atoms in total. The van der Waals surface area contributed by atoms with Crippen LogP contribution in [0.3, 0.4) is 0 Å². The van der Waals surface area contributed by atoms with Gasteiger partial charge in [0.2, 0.25) is 5.91 Å². The van der Waals surface area contributed by atoms with Crippen LogP contribution in [0.15, 0.2) is 4.99 Å². The lowest BCUT2D eigenvalue weighted by atomic mass is 9.84. The molecule has 2 fully saturated rings. The predicted octanol–water partition coefficient (Wildman–Crippen LogP) is 0.996. The molecular weight excluding hydrogens is 320 g/mol. The van der Waals surface area contributed by atoms with E-state index in [-0.39, 0.29) is 17.4 Å². The fraction of sp³-hybridized carbons (Fsp3) is 0.889. The van der Waals surface area contributed by atoms with Gasteiger partial charge in [-0.05, 0) is 25.7 Å². The van der Waals surface area contributed by atoms with E-state index >= 15 is 0 Å². The summed E-state index contributed by atoms with van der Waals surface area (Å²) in [6, 6.07) is 0. The van der Waals surface area contributed by atoms with Gasteiger partial charge in [-0.3, -0.25) is 9.79 Å². The normalized spacial score (nSPS) is 22.8. The fourth-order valence-corrected chi connectivity index (χ4v) is 3.70. The number of aliphatic imine (C=N–C) groups is 1. The molecule has 0 radical (unpaired) electrons. The average Bonchev–Trinajstić information content (AvgIpc) is 3.29. The summed E-state index contributed by atoms with van der Waals surface area (Å²) in [7, 11) is 5.42. The van der Waals surface area contributed by atoms with Gasteiger partial charge in [0.05, 0.1) is 24.7 Å². The third kappa shape index (κ3) is 5.85. The monoisotopic (exact) mass is 354 g/mol. The molecule has 0 bridgehead atoms. The highest BCUT2D eigenvalue weighted by Crippen LogP contribution is 2.38. The predicted molar refractivity (Wildman–Crippen MR) is 98.8 cm³/mol. The number of amides is 1. The maximum Gasteiger partial charge on any atom is 0.230 e. The minimum atomic E-state index is -0.294. The van der Waals surface area contributed by atoms with Crippen molar-refractivity contribution in [3.05, 3.63) is 0 Å². The van der Waals surface area contributed by atoms with Crippen molar-refractivity contribution in [2.45, 2.75) is 44.6 Å². The topological polar surface area (TPSA) is 75.2 Å². The Morgan fingerprint density at radius 1 is 1.28 bits per heavy atom. The summed E-state index contributed by atoms with van der Waals surface area (Å²) in [5.74, 6) is 0.936. The maximum atomic E-state index is 12.6. The lowest BCUT2D eigenvalue weighted by Gasteiger charge is -2.31. The Morgan fingerprint density at radius 2 is 2.04 bits per heavy atom. The van der Waals surface area contributed by atoms with E-state index in [1.54, 1.807) is 11.9 Å². The molecule has 2 aliphatic rings. The van der Waals surface area contributed by atoms with Crippen molar-refractivity contribution >= 4 is 11.9 Å². The molecule has 1 saturated heterocycles. The zero-order valence-electron chi connectivity index (χ0n) is 16.0. The smallest absolute Gasteiger partial charge is 0.230 e. The molecule has 1 saturated carbocycles. The van der Waals surface area contributed by atoms with Gasteiger partial charge in [-0.1, -0.05) is 12.8 Å². The third-order valence-electron chi connectivity index (χ3n) is 5.10. The summed E-state index contributed by atoms with van der Waals surface area (Å²) in [6.45, 7) is 3.44. The summed E-state index contributed by atoms with van der Waals surface area (Å²) in [6.07, 6.45) is 6.61. The number of carbonyl (C=O) groups excluding carboxylic acids is 1. The van der Waals surface area contributed by atoms with E-state index < -0.39 is 0 Å². The van der Waals surface area contributed by atoms with E-state index in [1.165, 1.54) is 0 Å². The number of guanidine groups is 1. The molecule has 1 atom stereocenters. The third-order valence-corrected chi connectivity index (χ3v) is 5.10. The molecule has 25 heavy (non-hydrogen) atoms. The minimum absolute atomic E-state index is 0.216. The standard InChI is InChI=1S/C18H34N4O3/c1-19-17(20-10-12-24-13-15-7-6-11-25-15)21-14-18(8-4-5-9-18)16(23)22(2)3/h15H,4-14H2,1-3H3,(H2,19,20,21). The summed E-state index contributed by atoms with van der Waals surface area (Å²) in [5, 5.41) is 6.58. The summed E-state index contributed by atoms with van der Waals surface area (Å²) in [4.78, 5) is 18.5. The number of nitrogens with one attached hydrogen (secondary N) is 2. The molecule has 0 aromatic rings. The molecule has 1 aliphatic carbocycles. The Labute approximate surface area is 151 Å². The zero-order chi connectivity index (χ0) is 18.1. The first kappa shape index (κ1) is 20.0. The highest BCUT2D eigenvalue weighted by Gasteiger charge is 2.42. The molecule has 7 heteroatoms. The molecular formula is C18H34N4O3. The van der Waals surface area contributed by atoms with Gasteiger partial charge >= 0.3 is 0 Å². The Morgan fingerprint density at radius 3 is 2.64 bits per heavy atom. The van der Waals surface area contributed by atoms with Crippen molar-refractivity contribution in [2.75, 3.05) is 54.1 Å². The number of ether oxygens (including phenoxy) is 2. The lowest BCUT2D eigenvalue weighted by molar-refractivity contribution is -0.138. The Bertz CT molecular complexity index is 442. The van der Waals surface area contributed by atoms with E-state index in [9.17, 15) is 4.79 Å². The van der Waals surface area contributed by atoms with Gasteiger partial charge in [0, 0.05) is 40.8 Å². The van der Waals surface area contributed by atoms with Crippen LogP contribution in [0.2, 0.25) is 0 Å². The maximum absolute atomic E-state index is 12.6. The summed E-state index contributed by atoms with van der Waals surface area (Å²) < 4.78 is 11.2. The SMILES string of the molecule is CN=C(NCCOCC1CCCO1)NCC1(C(=O)N(C)C)CCCC1. The second-order valence-electron chi connectivity index (χ2n) is 7.25. The molecule has 144 valence electrons. The van der Waals surface area contributed by atoms with E-state index in [0.717, 1.165) is 51.1 Å². The molecule has 1 aliphatic heterocycles. The number of hydrogen-bond donors (Lipinski definition) is 2. The van der Waals surface area contributed by atoms with Crippen molar-refractivity contribution in [3.8, 4) is 0 Å². The van der Waals surface area contributed by atoms with Gasteiger partial charge in [0.15, 0.2) is 5.96 Å². The number of hydrogen-bond acceptors (Lipinski definition) is 4. The van der Waals surface area contributed by atoms with Crippen LogP contribution in [0.25, 0.3) is 0 Å². The molecule has 1 heterocycles. The van der Waals surface area contributed by atoms with Crippen LogP contribution in [-0.2, 0) is 14.3 Å². The Hall–Kier alpha value is -1.34. The van der Waals surface area contributed by atoms with Gasteiger partial charge in [-0.25, -0.2) is 0 Å². The van der Waals surface area contributed by atoms with E-state index in [1.807, 2.05) is 14.1 Å². The van der Waals surface area contributed by atoms with Crippen molar-refractivity contribution in [2.24, 2.45) is 10.4 Å². The molecule has 1 unspecified atom stereocenters. The first-order chi connectivity index (χ1) is 12.1. The molecule has 0 spiro atoms. The second kappa shape index (κ2) is 9.97. The Balaban J connectivity index is 1.68. The average molecular weight is 354 g/mol. The highest BCUT2D eigenvalue weighted by molar-refractivity contribution is 5.85. The Kier molecular flexibility index (Phi) is 7.96. The lowest BCUT2D eigenvalue weighted by Crippen LogP contribution is -2.49. The largest absolute Gasteiger partial charge is 0.377 e. The molecule has 0 aromatic heterocycles. The van der Waals surface area contributed by atoms with E-state index in [2.05, 4.69) is 15.6 Å². The van der Waals surface area contributed by atoms with Crippen LogP contribution in [0.5, 0.6) is 0 Å². The van der Waals surface area contributed by atoms with Crippen LogP contribution >= 0.6 is 0 Å². The van der Waals surface area contributed by atoms with Crippen LogP contribution in [0, 0.1) is 5.41 Å². The van der Waals surface area contributed by atoms with Gasteiger partial charge < -0.3 is 25.0 Å². The van der Waals surface area contributed by atoms with Crippen LogP contribution in [0.1, 0.15) is 38.5 Å². The van der Waals surface area contributed by atoms with E-state index in [0.29, 0.717) is 26.3 Å². The molecule has 1 amide bonds. The van der Waals surface area contributed by atoms with Gasteiger partial charge in [0.25, 0.3) is 0 Å². The van der Waals surface area contributed by atoms with Crippen molar-refractivity contribution < 1.29 is 14.3 Å². The highest BCUT2D eigenvalue weighted by atomic mass is 16.5. The summed E-state index contributed by atoms with van der Waals surface area (Å²) in [5.41, 5.74) is -0.294.